The highest BCUT2D eigenvalue weighted by Gasteiger charge is 2.20. The highest BCUT2D eigenvalue weighted by atomic mass is 16.1. The van der Waals surface area contributed by atoms with Crippen molar-refractivity contribution in [1.29, 1.82) is 0 Å². The molecule has 2 N–H and O–H groups in total. The Morgan fingerprint density at radius 1 is 1.31 bits per heavy atom. The molecule has 1 amide bonds. The molecule has 0 radical (unpaired) electrons. The number of carbonyl (C=O) groups excluding carboxylic acids is 1. The Hall–Kier alpha value is -2.70. The number of fused-ring (bicyclic) bond motifs is 1. The maximum Gasteiger partial charge on any atom is 0.252 e. The third-order valence-electron chi connectivity index (χ3n) is 5.33. The van der Waals surface area contributed by atoms with Crippen LogP contribution in [0.2, 0.25) is 0 Å². The molecule has 7 nitrogen and oxygen atoms in total. The lowest BCUT2D eigenvalue weighted by Gasteiger charge is -2.11. The number of amides is 1. The Balaban J connectivity index is 1.43. The van der Waals surface area contributed by atoms with Gasteiger partial charge in [0.1, 0.15) is 5.52 Å². The number of H-pyrrole nitrogens is 1. The zero-order valence-corrected chi connectivity index (χ0v) is 15.2. The molecule has 136 valence electrons. The number of carbonyl (C=O) groups is 1. The van der Waals surface area contributed by atoms with Crippen LogP contribution in [-0.2, 0) is 6.42 Å². The van der Waals surface area contributed by atoms with Crippen molar-refractivity contribution in [3.8, 4) is 0 Å². The van der Waals surface area contributed by atoms with Crippen molar-refractivity contribution >= 4 is 17.1 Å². The van der Waals surface area contributed by atoms with Crippen molar-refractivity contribution in [2.24, 2.45) is 0 Å². The third-order valence-corrected chi connectivity index (χ3v) is 5.33. The minimum absolute atomic E-state index is 0.117. The van der Waals surface area contributed by atoms with E-state index in [2.05, 4.69) is 30.0 Å². The van der Waals surface area contributed by atoms with E-state index in [1.165, 1.54) is 25.7 Å². The Bertz CT molecular complexity index is 915. The molecule has 4 rings (SSSR count). The number of hydrogen-bond acceptors (Lipinski definition) is 4. The standard InChI is InChI=1S/C19H24N6O/c1-12-16(13(2)24-23-12)7-8-20-19(26)14-9-17-18(21-10-14)25(11-22-17)15-5-3-4-6-15/h9-11,15H,3-8H2,1-2H3,(H,20,26)(H,23,24). The molecule has 0 aliphatic heterocycles. The fourth-order valence-electron chi connectivity index (χ4n) is 3.84. The first-order valence-electron chi connectivity index (χ1n) is 9.24. The number of hydrogen-bond donors (Lipinski definition) is 2. The van der Waals surface area contributed by atoms with Gasteiger partial charge in [-0.15, -0.1) is 0 Å². The molecule has 0 unspecified atom stereocenters. The van der Waals surface area contributed by atoms with E-state index in [9.17, 15) is 4.79 Å². The SMILES string of the molecule is Cc1n[nH]c(C)c1CCNC(=O)c1cnc2c(c1)ncn2C1CCCC1. The van der Waals surface area contributed by atoms with Gasteiger partial charge in [0.15, 0.2) is 5.65 Å². The topological polar surface area (TPSA) is 88.5 Å². The molecule has 0 atom stereocenters. The quantitative estimate of drug-likeness (QED) is 0.739. The van der Waals surface area contributed by atoms with Gasteiger partial charge in [-0.25, -0.2) is 9.97 Å². The molecule has 3 aromatic heterocycles. The second-order valence-electron chi connectivity index (χ2n) is 7.08. The summed E-state index contributed by atoms with van der Waals surface area (Å²) in [7, 11) is 0. The third kappa shape index (κ3) is 3.09. The second-order valence-corrected chi connectivity index (χ2v) is 7.08. The molecule has 0 spiro atoms. The van der Waals surface area contributed by atoms with Gasteiger partial charge in [0.05, 0.1) is 17.6 Å². The molecule has 3 aromatic rings. The first-order valence-corrected chi connectivity index (χ1v) is 9.24. The Labute approximate surface area is 152 Å². The van der Waals surface area contributed by atoms with Gasteiger partial charge in [0, 0.05) is 24.5 Å². The van der Waals surface area contributed by atoms with Crippen LogP contribution in [0.25, 0.3) is 11.2 Å². The van der Waals surface area contributed by atoms with E-state index in [-0.39, 0.29) is 5.91 Å². The van der Waals surface area contributed by atoms with Crippen molar-refractivity contribution in [3.63, 3.8) is 0 Å². The molecular weight excluding hydrogens is 328 g/mol. The molecule has 3 heterocycles. The van der Waals surface area contributed by atoms with Gasteiger partial charge in [0.25, 0.3) is 5.91 Å². The fourth-order valence-corrected chi connectivity index (χ4v) is 3.84. The first-order chi connectivity index (χ1) is 12.6. The van der Waals surface area contributed by atoms with Crippen molar-refractivity contribution in [1.82, 2.24) is 30.0 Å². The minimum atomic E-state index is -0.117. The summed E-state index contributed by atoms with van der Waals surface area (Å²) in [6, 6.07) is 2.32. The van der Waals surface area contributed by atoms with Gasteiger partial charge < -0.3 is 9.88 Å². The highest BCUT2D eigenvalue weighted by Crippen LogP contribution is 2.31. The molecule has 1 saturated carbocycles. The summed E-state index contributed by atoms with van der Waals surface area (Å²) in [6.07, 6.45) is 9.16. The van der Waals surface area contributed by atoms with Crippen LogP contribution in [0.4, 0.5) is 0 Å². The molecule has 26 heavy (non-hydrogen) atoms. The highest BCUT2D eigenvalue weighted by molar-refractivity contribution is 5.96. The van der Waals surface area contributed by atoms with Crippen molar-refractivity contribution in [3.05, 3.63) is 41.1 Å². The summed E-state index contributed by atoms with van der Waals surface area (Å²) in [5.74, 6) is -0.117. The van der Waals surface area contributed by atoms with Gasteiger partial charge in [0.2, 0.25) is 0 Å². The van der Waals surface area contributed by atoms with Crippen LogP contribution in [0.15, 0.2) is 18.6 Å². The van der Waals surface area contributed by atoms with E-state index < -0.39 is 0 Å². The normalized spacial score (nSPS) is 15.0. The van der Waals surface area contributed by atoms with E-state index in [4.69, 9.17) is 0 Å². The number of aromatic amines is 1. The first kappa shape index (κ1) is 16.8. The summed E-state index contributed by atoms with van der Waals surface area (Å²) >= 11 is 0. The summed E-state index contributed by atoms with van der Waals surface area (Å²) in [4.78, 5) is 21.4. The smallest absolute Gasteiger partial charge is 0.252 e. The average molecular weight is 352 g/mol. The zero-order chi connectivity index (χ0) is 18.1. The molecule has 1 aliphatic rings. The average Bonchev–Trinajstić information content (AvgIpc) is 3.36. The van der Waals surface area contributed by atoms with E-state index in [1.54, 1.807) is 6.20 Å². The predicted octanol–water partition coefficient (Wildman–Crippen LogP) is 2.86. The lowest BCUT2D eigenvalue weighted by atomic mass is 10.1. The summed E-state index contributed by atoms with van der Waals surface area (Å²) in [5.41, 5.74) is 5.41. The van der Waals surface area contributed by atoms with Crippen molar-refractivity contribution < 1.29 is 4.79 Å². The molecular formula is C19H24N6O. The number of nitrogens with zero attached hydrogens (tertiary/aromatic N) is 4. The number of imidazole rings is 1. The number of rotatable bonds is 5. The van der Waals surface area contributed by atoms with Crippen molar-refractivity contribution in [2.75, 3.05) is 6.54 Å². The Kier molecular flexibility index (Phi) is 4.44. The van der Waals surface area contributed by atoms with E-state index in [1.807, 2.05) is 26.2 Å². The summed E-state index contributed by atoms with van der Waals surface area (Å²) in [6.45, 7) is 4.53. The van der Waals surface area contributed by atoms with Crippen LogP contribution in [0.5, 0.6) is 0 Å². The van der Waals surface area contributed by atoms with Gasteiger partial charge in [-0.2, -0.15) is 5.10 Å². The van der Waals surface area contributed by atoms with Gasteiger partial charge in [-0.3, -0.25) is 9.89 Å². The maximum absolute atomic E-state index is 12.4. The molecule has 0 saturated heterocycles. The van der Waals surface area contributed by atoms with Crippen LogP contribution in [-0.4, -0.2) is 37.2 Å². The summed E-state index contributed by atoms with van der Waals surface area (Å²) in [5, 5.41) is 10.1. The fraction of sp³-hybridized carbons (Fsp3) is 0.474. The minimum Gasteiger partial charge on any atom is -0.352 e. The van der Waals surface area contributed by atoms with E-state index >= 15 is 0 Å². The zero-order valence-electron chi connectivity index (χ0n) is 15.2. The number of aryl methyl sites for hydroxylation is 2. The number of pyridine rings is 1. The van der Waals surface area contributed by atoms with E-state index in [0.29, 0.717) is 18.2 Å². The molecule has 0 aromatic carbocycles. The lowest BCUT2D eigenvalue weighted by molar-refractivity contribution is 0.0954. The Morgan fingerprint density at radius 2 is 2.12 bits per heavy atom. The summed E-state index contributed by atoms with van der Waals surface area (Å²) < 4.78 is 2.16. The molecule has 1 aliphatic carbocycles. The van der Waals surface area contributed by atoms with Crippen LogP contribution >= 0.6 is 0 Å². The Morgan fingerprint density at radius 3 is 2.85 bits per heavy atom. The van der Waals surface area contributed by atoms with Gasteiger partial charge in [-0.05, 0) is 44.7 Å². The van der Waals surface area contributed by atoms with Gasteiger partial charge in [-0.1, -0.05) is 12.8 Å². The van der Waals surface area contributed by atoms with Crippen molar-refractivity contribution in [2.45, 2.75) is 52.0 Å². The van der Waals surface area contributed by atoms with Crippen LogP contribution < -0.4 is 5.32 Å². The number of aromatic nitrogens is 5. The molecule has 1 fully saturated rings. The predicted molar refractivity (Wildman–Crippen MR) is 99.1 cm³/mol. The van der Waals surface area contributed by atoms with Gasteiger partial charge >= 0.3 is 0 Å². The van der Waals surface area contributed by atoms with Crippen LogP contribution in [0.1, 0.15) is 59.0 Å². The largest absolute Gasteiger partial charge is 0.352 e. The lowest BCUT2D eigenvalue weighted by Crippen LogP contribution is -2.26. The number of nitrogens with one attached hydrogen (secondary N) is 2. The monoisotopic (exact) mass is 352 g/mol. The molecule has 0 bridgehead atoms. The second kappa shape index (κ2) is 6.90. The van der Waals surface area contributed by atoms with Crippen LogP contribution in [0.3, 0.4) is 0 Å². The molecule has 7 heteroatoms. The van der Waals surface area contributed by atoms with E-state index in [0.717, 1.165) is 34.5 Å². The maximum atomic E-state index is 12.4. The van der Waals surface area contributed by atoms with Crippen LogP contribution in [0, 0.1) is 13.8 Å².